The number of carbonyl (C=O) groups is 1. The molecule has 170 valence electrons. The van der Waals surface area contributed by atoms with Crippen molar-refractivity contribution in [3.8, 4) is 11.4 Å². The van der Waals surface area contributed by atoms with Crippen molar-refractivity contribution in [2.24, 2.45) is 0 Å². The Balaban J connectivity index is 1.62. The molecule has 3 heterocycles. The number of aromatic nitrogens is 4. The molecular weight excluding hydrogens is 478 g/mol. The van der Waals surface area contributed by atoms with Gasteiger partial charge in [-0.15, -0.1) is 5.10 Å². The van der Waals surface area contributed by atoms with Gasteiger partial charge in [0.1, 0.15) is 11.9 Å². The summed E-state index contributed by atoms with van der Waals surface area (Å²) in [5, 5.41) is 11.4. The van der Waals surface area contributed by atoms with Crippen LogP contribution in [0.2, 0.25) is 10.0 Å². The predicted octanol–water partition coefficient (Wildman–Crippen LogP) is 5.71. The van der Waals surface area contributed by atoms with Crippen molar-refractivity contribution < 1.29 is 9.18 Å². The van der Waals surface area contributed by atoms with Gasteiger partial charge < -0.3 is 10.6 Å². The lowest BCUT2D eigenvalue weighted by atomic mass is 9.95. The molecule has 0 fully saturated rings. The van der Waals surface area contributed by atoms with Gasteiger partial charge in [-0.25, -0.2) is 9.07 Å². The summed E-state index contributed by atoms with van der Waals surface area (Å²) in [4.78, 5) is 22.1. The van der Waals surface area contributed by atoms with Gasteiger partial charge >= 0.3 is 0 Å². The monoisotopic (exact) mass is 494 g/mol. The summed E-state index contributed by atoms with van der Waals surface area (Å²) < 4.78 is 15.0. The normalized spacial score (nSPS) is 15.0. The van der Waals surface area contributed by atoms with E-state index in [4.69, 9.17) is 23.2 Å². The van der Waals surface area contributed by atoms with Crippen LogP contribution in [0, 0.1) is 5.82 Å². The van der Waals surface area contributed by atoms with E-state index in [2.05, 4.69) is 25.7 Å². The van der Waals surface area contributed by atoms with Crippen LogP contribution in [0.4, 0.5) is 16.0 Å². The van der Waals surface area contributed by atoms with Gasteiger partial charge in [0.25, 0.3) is 5.91 Å². The third-order valence-corrected chi connectivity index (χ3v) is 6.12. The van der Waals surface area contributed by atoms with Gasteiger partial charge in [0.05, 0.1) is 27.5 Å². The van der Waals surface area contributed by atoms with Crippen molar-refractivity contribution >= 4 is 40.7 Å². The Bertz CT molecular complexity index is 1420. The van der Waals surface area contributed by atoms with Crippen LogP contribution in [0.25, 0.3) is 11.4 Å². The first-order valence-corrected chi connectivity index (χ1v) is 11.0. The van der Waals surface area contributed by atoms with Gasteiger partial charge in [0, 0.05) is 17.5 Å². The molecule has 0 saturated carbocycles. The first kappa shape index (κ1) is 22.1. The van der Waals surface area contributed by atoms with E-state index in [9.17, 15) is 9.18 Å². The highest BCUT2D eigenvalue weighted by molar-refractivity contribution is 6.42. The molecule has 7 nitrogen and oxygen atoms in total. The third-order valence-electron chi connectivity index (χ3n) is 5.38. The van der Waals surface area contributed by atoms with Gasteiger partial charge in [-0.05, 0) is 61.0 Å². The lowest BCUT2D eigenvalue weighted by molar-refractivity contribution is -0.113. The smallest absolute Gasteiger partial charge is 0.255 e. The summed E-state index contributed by atoms with van der Waals surface area (Å²) in [6.45, 7) is 1.79. The van der Waals surface area contributed by atoms with E-state index in [1.54, 1.807) is 66.5 Å². The number of halogens is 3. The fourth-order valence-electron chi connectivity index (χ4n) is 3.79. The standard InChI is InChI=1S/C24H17Cl2FN6O/c1-13-20(23(34)30-17-3-2-10-28-12-17)21(15-6-9-18(25)19(26)11-15)33-24(29-13)31-22(32-33)14-4-7-16(27)8-5-14/h2-12,21H,1H3,(H,30,34)(H,29,31,32)/t21-/m1/s1. The first-order chi connectivity index (χ1) is 16.4. The molecule has 2 aromatic heterocycles. The summed E-state index contributed by atoms with van der Waals surface area (Å²) in [5.41, 5.74) is 2.91. The Morgan fingerprint density at radius 3 is 2.62 bits per heavy atom. The molecule has 10 heteroatoms. The number of pyridine rings is 1. The molecule has 2 aromatic carbocycles. The Kier molecular flexibility index (Phi) is 5.77. The van der Waals surface area contributed by atoms with E-state index < -0.39 is 6.04 Å². The third kappa shape index (κ3) is 4.13. The minimum Gasteiger partial charge on any atom is -0.328 e. The lowest BCUT2D eigenvalue weighted by Crippen LogP contribution is -2.31. The summed E-state index contributed by atoms with van der Waals surface area (Å²) in [5.74, 6) is 0.130. The predicted molar refractivity (Wildman–Crippen MR) is 129 cm³/mol. The summed E-state index contributed by atoms with van der Waals surface area (Å²) in [6.07, 6.45) is 3.19. The molecule has 0 spiro atoms. The Morgan fingerprint density at radius 1 is 1.12 bits per heavy atom. The van der Waals surface area contributed by atoms with Crippen LogP contribution in [0.3, 0.4) is 0 Å². The number of allylic oxidation sites excluding steroid dienone is 1. The van der Waals surface area contributed by atoms with Crippen LogP contribution in [-0.2, 0) is 4.79 Å². The van der Waals surface area contributed by atoms with Crippen LogP contribution in [0.5, 0.6) is 0 Å². The Hall–Kier alpha value is -3.75. The number of hydrogen-bond acceptors (Lipinski definition) is 5. The van der Waals surface area contributed by atoms with Gasteiger partial charge in [-0.1, -0.05) is 29.3 Å². The molecule has 0 unspecified atom stereocenters. The Morgan fingerprint density at radius 2 is 1.91 bits per heavy atom. The molecule has 1 amide bonds. The van der Waals surface area contributed by atoms with Crippen LogP contribution in [-0.4, -0.2) is 25.7 Å². The number of nitrogens with zero attached hydrogens (tertiary/aromatic N) is 4. The molecule has 2 N–H and O–H groups in total. The van der Waals surface area contributed by atoms with Crippen LogP contribution < -0.4 is 10.6 Å². The molecule has 0 radical (unpaired) electrons. The zero-order chi connectivity index (χ0) is 23.8. The van der Waals surface area contributed by atoms with Crippen LogP contribution in [0.15, 0.2) is 78.3 Å². The fourth-order valence-corrected chi connectivity index (χ4v) is 4.10. The average Bonchev–Trinajstić information content (AvgIpc) is 3.24. The highest BCUT2D eigenvalue weighted by Crippen LogP contribution is 2.38. The fraction of sp³-hybridized carbons (Fsp3) is 0.0833. The van der Waals surface area contributed by atoms with Gasteiger partial charge in [-0.3, -0.25) is 9.78 Å². The van der Waals surface area contributed by atoms with Crippen molar-refractivity contribution in [3.05, 3.63) is 99.7 Å². The van der Waals surface area contributed by atoms with Gasteiger partial charge in [0.15, 0.2) is 5.82 Å². The number of rotatable bonds is 4. The van der Waals surface area contributed by atoms with Gasteiger partial charge in [0.2, 0.25) is 5.95 Å². The van der Waals surface area contributed by atoms with E-state index in [1.807, 2.05) is 0 Å². The first-order valence-electron chi connectivity index (χ1n) is 10.3. The number of hydrogen-bond donors (Lipinski definition) is 2. The quantitative estimate of drug-likeness (QED) is 0.379. The number of fused-ring (bicyclic) bond motifs is 1. The maximum Gasteiger partial charge on any atom is 0.255 e. The second kappa shape index (κ2) is 8.89. The zero-order valence-corrected chi connectivity index (χ0v) is 19.3. The highest BCUT2D eigenvalue weighted by Gasteiger charge is 2.34. The Labute approximate surface area is 204 Å². The summed E-state index contributed by atoms with van der Waals surface area (Å²) in [6, 6.07) is 13.9. The van der Waals surface area contributed by atoms with Crippen molar-refractivity contribution in [2.45, 2.75) is 13.0 Å². The SMILES string of the molecule is CC1=C(C(=O)Nc2cccnc2)[C@@H](c2ccc(Cl)c(Cl)c2)n2nc(-c3ccc(F)cc3)nc2N1. The number of amides is 1. The maximum atomic E-state index is 13.4. The van der Waals surface area contributed by atoms with E-state index in [-0.39, 0.29) is 11.7 Å². The van der Waals surface area contributed by atoms with E-state index >= 15 is 0 Å². The molecule has 0 aliphatic carbocycles. The molecule has 1 aliphatic rings. The minimum atomic E-state index is -0.649. The number of nitrogens with one attached hydrogen (secondary N) is 2. The molecule has 1 aliphatic heterocycles. The maximum absolute atomic E-state index is 13.4. The molecule has 4 aromatic rings. The van der Waals surface area contributed by atoms with Crippen molar-refractivity contribution in [1.29, 1.82) is 0 Å². The minimum absolute atomic E-state index is 0.335. The zero-order valence-electron chi connectivity index (χ0n) is 17.8. The molecule has 5 rings (SSSR count). The molecule has 0 bridgehead atoms. The topological polar surface area (TPSA) is 84.7 Å². The number of carbonyl (C=O) groups excluding carboxylic acids is 1. The summed E-state index contributed by atoms with van der Waals surface area (Å²) >= 11 is 12.5. The van der Waals surface area contributed by atoms with E-state index in [0.29, 0.717) is 49.9 Å². The highest BCUT2D eigenvalue weighted by atomic mass is 35.5. The number of benzene rings is 2. The van der Waals surface area contributed by atoms with E-state index in [0.717, 1.165) is 0 Å². The molecule has 1 atom stereocenters. The molecular formula is C24H17Cl2FN6O. The molecule has 0 saturated heterocycles. The largest absolute Gasteiger partial charge is 0.328 e. The van der Waals surface area contributed by atoms with Gasteiger partial charge in [-0.2, -0.15) is 4.98 Å². The lowest BCUT2D eigenvalue weighted by Gasteiger charge is -2.28. The average molecular weight is 495 g/mol. The van der Waals surface area contributed by atoms with Crippen molar-refractivity contribution in [2.75, 3.05) is 10.6 Å². The van der Waals surface area contributed by atoms with Crippen LogP contribution >= 0.6 is 23.2 Å². The van der Waals surface area contributed by atoms with Crippen molar-refractivity contribution in [1.82, 2.24) is 19.7 Å². The van der Waals surface area contributed by atoms with Crippen LogP contribution in [0.1, 0.15) is 18.5 Å². The summed E-state index contributed by atoms with van der Waals surface area (Å²) in [7, 11) is 0. The van der Waals surface area contributed by atoms with E-state index in [1.165, 1.54) is 12.1 Å². The second-order valence-electron chi connectivity index (χ2n) is 7.65. The van der Waals surface area contributed by atoms with Crippen molar-refractivity contribution in [3.63, 3.8) is 0 Å². The molecule has 34 heavy (non-hydrogen) atoms. The second-order valence-corrected chi connectivity index (χ2v) is 8.46. The number of anilines is 2.